The maximum Gasteiger partial charge on any atom is 0.231 e. The van der Waals surface area contributed by atoms with Crippen molar-refractivity contribution in [3.63, 3.8) is 0 Å². The first kappa shape index (κ1) is 15.7. The Morgan fingerprint density at radius 1 is 1.33 bits per heavy atom. The molecule has 21 heavy (non-hydrogen) atoms. The maximum atomic E-state index is 5.89. The molecule has 0 saturated heterocycles. The molecule has 0 amide bonds. The lowest BCUT2D eigenvalue weighted by atomic mass is 10.1. The van der Waals surface area contributed by atoms with E-state index in [0.717, 1.165) is 47.9 Å². The molecule has 4 nitrogen and oxygen atoms in total. The summed E-state index contributed by atoms with van der Waals surface area (Å²) in [7, 11) is 0. The zero-order chi connectivity index (χ0) is 15.2. The Morgan fingerprint density at radius 2 is 2.05 bits per heavy atom. The number of nitrogens with one attached hydrogen (secondary N) is 1. The van der Waals surface area contributed by atoms with Gasteiger partial charge in [0.15, 0.2) is 11.5 Å². The molecule has 0 aromatic heterocycles. The lowest BCUT2D eigenvalue weighted by Crippen LogP contribution is -2.19. The van der Waals surface area contributed by atoms with Crippen LogP contribution in [0.25, 0.3) is 0 Å². The molecule has 0 unspecified atom stereocenters. The van der Waals surface area contributed by atoms with Crippen molar-refractivity contribution in [1.82, 2.24) is 5.32 Å². The van der Waals surface area contributed by atoms with E-state index >= 15 is 0 Å². The van der Waals surface area contributed by atoms with Gasteiger partial charge in [-0.1, -0.05) is 19.4 Å². The van der Waals surface area contributed by atoms with Crippen molar-refractivity contribution >= 4 is 0 Å². The zero-order valence-corrected chi connectivity index (χ0v) is 13.2. The van der Waals surface area contributed by atoms with Gasteiger partial charge in [0.25, 0.3) is 0 Å². The predicted octanol–water partition coefficient (Wildman–Crippen LogP) is 3.51. The number of fused-ring (bicyclic) bond motifs is 1. The first-order chi connectivity index (χ1) is 10.1. The Labute approximate surface area is 127 Å². The summed E-state index contributed by atoms with van der Waals surface area (Å²) < 4.78 is 16.8. The van der Waals surface area contributed by atoms with E-state index in [2.05, 4.69) is 25.7 Å². The molecule has 0 atom stereocenters. The molecule has 0 bridgehead atoms. The summed E-state index contributed by atoms with van der Waals surface area (Å²) >= 11 is 0. The Balaban J connectivity index is 2.05. The summed E-state index contributed by atoms with van der Waals surface area (Å²) in [6, 6.07) is 3.93. The first-order valence-electron chi connectivity index (χ1n) is 7.46. The monoisotopic (exact) mass is 291 g/mol. The molecule has 4 heteroatoms. The van der Waals surface area contributed by atoms with Crippen molar-refractivity contribution in [1.29, 1.82) is 0 Å². The number of ether oxygens (including phenoxy) is 3. The van der Waals surface area contributed by atoms with E-state index in [0.29, 0.717) is 12.5 Å². The van der Waals surface area contributed by atoms with Gasteiger partial charge in [0, 0.05) is 24.6 Å². The fourth-order valence-electron chi connectivity index (χ4n) is 2.07. The van der Waals surface area contributed by atoms with E-state index in [1.165, 1.54) is 0 Å². The largest absolute Gasteiger partial charge is 0.493 e. The van der Waals surface area contributed by atoms with E-state index in [-0.39, 0.29) is 6.79 Å². The molecule has 1 N–H and O–H groups in total. The smallest absolute Gasteiger partial charge is 0.231 e. The van der Waals surface area contributed by atoms with Crippen molar-refractivity contribution in [2.24, 2.45) is 5.92 Å². The molecular formula is C17H25NO3. The van der Waals surface area contributed by atoms with Crippen LogP contribution < -0.4 is 19.5 Å². The van der Waals surface area contributed by atoms with Crippen molar-refractivity contribution in [3.8, 4) is 17.2 Å². The van der Waals surface area contributed by atoms with Gasteiger partial charge in [-0.15, -0.1) is 6.58 Å². The summed E-state index contributed by atoms with van der Waals surface area (Å²) in [4.78, 5) is 0. The highest BCUT2D eigenvalue weighted by Crippen LogP contribution is 2.38. The van der Waals surface area contributed by atoms with Gasteiger partial charge in [0.05, 0.1) is 6.61 Å². The zero-order valence-electron chi connectivity index (χ0n) is 13.2. The molecule has 1 aliphatic heterocycles. The second kappa shape index (κ2) is 7.36. The standard InChI is InChI=1S/C17H25NO3/c1-12(2)5-6-19-15-8-17-16(20-11-21-17)7-14(15)10-18-9-13(3)4/h7-8,13,18H,1,5-6,9-11H2,2-4H3. The summed E-state index contributed by atoms with van der Waals surface area (Å²) in [5, 5.41) is 3.44. The molecular weight excluding hydrogens is 266 g/mol. The molecule has 116 valence electrons. The van der Waals surface area contributed by atoms with Crippen LogP contribution in [0.1, 0.15) is 32.8 Å². The summed E-state index contributed by atoms with van der Waals surface area (Å²) in [5.41, 5.74) is 2.22. The van der Waals surface area contributed by atoms with Gasteiger partial charge in [-0.25, -0.2) is 0 Å². The number of hydrogen-bond acceptors (Lipinski definition) is 4. The highest BCUT2D eigenvalue weighted by molar-refractivity contribution is 5.51. The molecule has 0 spiro atoms. The average molecular weight is 291 g/mol. The minimum atomic E-state index is 0.281. The normalized spacial score (nSPS) is 12.8. The molecule has 1 aromatic carbocycles. The van der Waals surface area contributed by atoms with Crippen LogP contribution in [-0.2, 0) is 6.54 Å². The molecule has 0 fully saturated rings. The van der Waals surface area contributed by atoms with Crippen molar-refractivity contribution in [2.45, 2.75) is 33.7 Å². The first-order valence-corrected chi connectivity index (χ1v) is 7.46. The third-order valence-electron chi connectivity index (χ3n) is 3.21. The van der Waals surface area contributed by atoms with Gasteiger partial charge in [-0.05, 0) is 25.5 Å². The van der Waals surface area contributed by atoms with Crippen LogP contribution in [0.2, 0.25) is 0 Å². The third-order valence-corrected chi connectivity index (χ3v) is 3.21. The lowest BCUT2D eigenvalue weighted by molar-refractivity contribution is 0.173. The molecule has 0 aliphatic carbocycles. The van der Waals surface area contributed by atoms with Crippen LogP contribution in [-0.4, -0.2) is 19.9 Å². The summed E-state index contributed by atoms with van der Waals surface area (Å²) in [5.74, 6) is 3.03. The van der Waals surface area contributed by atoms with Crippen LogP contribution in [0.3, 0.4) is 0 Å². The Bertz CT molecular complexity index is 497. The topological polar surface area (TPSA) is 39.7 Å². The Kier molecular flexibility index (Phi) is 5.51. The second-order valence-electron chi connectivity index (χ2n) is 5.89. The van der Waals surface area contributed by atoms with Gasteiger partial charge in [-0.3, -0.25) is 0 Å². The maximum absolute atomic E-state index is 5.89. The number of hydrogen-bond donors (Lipinski definition) is 1. The van der Waals surface area contributed by atoms with E-state index < -0.39 is 0 Å². The van der Waals surface area contributed by atoms with Gasteiger partial charge in [0.2, 0.25) is 6.79 Å². The van der Waals surface area contributed by atoms with Gasteiger partial charge >= 0.3 is 0 Å². The fraction of sp³-hybridized carbons (Fsp3) is 0.529. The highest BCUT2D eigenvalue weighted by atomic mass is 16.7. The van der Waals surface area contributed by atoms with E-state index in [9.17, 15) is 0 Å². The lowest BCUT2D eigenvalue weighted by Gasteiger charge is -2.14. The van der Waals surface area contributed by atoms with E-state index in [1.54, 1.807) is 0 Å². The van der Waals surface area contributed by atoms with Crippen LogP contribution >= 0.6 is 0 Å². The van der Waals surface area contributed by atoms with E-state index in [1.807, 2.05) is 19.1 Å². The van der Waals surface area contributed by atoms with Crippen LogP contribution in [0.15, 0.2) is 24.3 Å². The van der Waals surface area contributed by atoms with Crippen LogP contribution in [0.5, 0.6) is 17.2 Å². The minimum Gasteiger partial charge on any atom is -0.493 e. The van der Waals surface area contributed by atoms with Gasteiger partial charge < -0.3 is 19.5 Å². The molecule has 0 radical (unpaired) electrons. The van der Waals surface area contributed by atoms with Gasteiger partial charge in [0.1, 0.15) is 5.75 Å². The molecule has 0 saturated carbocycles. The highest BCUT2D eigenvalue weighted by Gasteiger charge is 2.18. The number of benzene rings is 1. The minimum absolute atomic E-state index is 0.281. The summed E-state index contributed by atoms with van der Waals surface area (Å²) in [6.45, 7) is 12.9. The molecule has 1 aromatic rings. The van der Waals surface area contributed by atoms with Gasteiger partial charge in [-0.2, -0.15) is 0 Å². The molecule has 1 heterocycles. The predicted molar refractivity (Wildman–Crippen MR) is 84.0 cm³/mol. The molecule has 2 rings (SSSR count). The number of rotatable bonds is 8. The Hall–Kier alpha value is -1.68. The van der Waals surface area contributed by atoms with Crippen molar-refractivity contribution < 1.29 is 14.2 Å². The summed E-state index contributed by atoms with van der Waals surface area (Å²) in [6.07, 6.45) is 0.854. The van der Waals surface area contributed by atoms with Crippen LogP contribution in [0, 0.1) is 5.92 Å². The third kappa shape index (κ3) is 4.67. The Morgan fingerprint density at radius 3 is 2.71 bits per heavy atom. The van der Waals surface area contributed by atoms with Crippen molar-refractivity contribution in [3.05, 3.63) is 29.8 Å². The SMILES string of the molecule is C=C(C)CCOc1cc2c(cc1CNCC(C)C)OCO2. The van der Waals surface area contributed by atoms with Crippen molar-refractivity contribution in [2.75, 3.05) is 19.9 Å². The van der Waals surface area contributed by atoms with Crippen LogP contribution in [0.4, 0.5) is 0 Å². The molecule has 1 aliphatic rings. The fourth-order valence-corrected chi connectivity index (χ4v) is 2.07. The van der Waals surface area contributed by atoms with E-state index in [4.69, 9.17) is 14.2 Å². The second-order valence-corrected chi connectivity index (χ2v) is 5.89. The quantitative estimate of drug-likeness (QED) is 0.744. The average Bonchev–Trinajstić information content (AvgIpc) is 2.85.